The standard InChI is InChI=1S/C51H29N3O3/c1-3-11-30(12-4-1)49-52-50(31-13-5-2-6-14-31)54-51(53-49)34-21-24-46-41(26-34)42-28-35(32-20-23-45-40(25-32)37-16-8-10-18-44(37)55-45)27-39(48(42)57-46)33-19-22-38-36-15-7-9-17-43(36)56-47(38)29-33/h1-29H. The maximum absolute atomic E-state index is 6.79. The summed E-state index contributed by atoms with van der Waals surface area (Å²) >= 11 is 0. The summed E-state index contributed by atoms with van der Waals surface area (Å²) in [6.07, 6.45) is 0. The third-order valence-electron chi connectivity index (χ3n) is 10.9. The molecule has 4 aromatic heterocycles. The molecule has 57 heavy (non-hydrogen) atoms. The Morgan fingerprint density at radius 3 is 1.44 bits per heavy atom. The first-order valence-corrected chi connectivity index (χ1v) is 18.9. The quantitative estimate of drug-likeness (QED) is 0.175. The molecule has 0 saturated carbocycles. The summed E-state index contributed by atoms with van der Waals surface area (Å²) in [5.74, 6) is 1.82. The molecule has 0 amide bonds. The van der Waals surface area contributed by atoms with Gasteiger partial charge in [-0.25, -0.2) is 15.0 Å². The van der Waals surface area contributed by atoms with Crippen LogP contribution in [-0.4, -0.2) is 15.0 Å². The van der Waals surface area contributed by atoms with Crippen molar-refractivity contribution in [3.63, 3.8) is 0 Å². The minimum Gasteiger partial charge on any atom is -0.456 e. The zero-order valence-electron chi connectivity index (χ0n) is 30.3. The minimum absolute atomic E-state index is 0.586. The van der Waals surface area contributed by atoms with E-state index in [1.54, 1.807) is 0 Å². The lowest BCUT2D eigenvalue weighted by Gasteiger charge is -2.09. The minimum atomic E-state index is 0.586. The molecule has 0 aliphatic carbocycles. The van der Waals surface area contributed by atoms with E-state index in [4.69, 9.17) is 28.2 Å². The number of aromatic nitrogens is 3. The smallest absolute Gasteiger partial charge is 0.164 e. The first-order chi connectivity index (χ1) is 28.2. The van der Waals surface area contributed by atoms with Gasteiger partial charge < -0.3 is 13.3 Å². The molecule has 0 atom stereocenters. The Morgan fingerprint density at radius 1 is 0.263 bits per heavy atom. The monoisotopic (exact) mass is 731 g/mol. The van der Waals surface area contributed by atoms with Crippen molar-refractivity contribution < 1.29 is 13.3 Å². The fourth-order valence-corrected chi connectivity index (χ4v) is 8.14. The van der Waals surface area contributed by atoms with Gasteiger partial charge in [-0.2, -0.15) is 0 Å². The van der Waals surface area contributed by atoms with E-state index in [0.29, 0.717) is 17.5 Å². The zero-order valence-corrected chi connectivity index (χ0v) is 30.3. The van der Waals surface area contributed by atoms with Crippen molar-refractivity contribution in [2.75, 3.05) is 0 Å². The fraction of sp³-hybridized carbons (Fsp3) is 0. The number of nitrogens with zero attached hydrogens (tertiary/aromatic N) is 3. The molecule has 0 bridgehead atoms. The number of benzene rings is 8. The number of para-hydroxylation sites is 2. The summed E-state index contributed by atoms with van der Waals surface area (Å²) < 4.78 is 19.4. The predicted octanol–water partition coefficient (Wildman–Crippen LogP) is 13.9. The van der Waals surface area contributed by atoms with Gasteiger partial charge in [0.15, 0.2) is 17.5 Å². The lowest BCUT2D eigenvalue weighted by Crippen LogP contribution is -2.00. The summed E-state index contributed by atoms with van der Waals surface area (Å²) in [5.41, 5.74) is 11.8. The molecule has 12 rings (SSSR count). The molecule has 6 heteroatoms. The van der Waals surface area contributed by atoms with Crippen LogP contribution in [-0.2, 0) is 0 Å². The van der Waals surface area contributed by atoms with Crippen LogP contribution in [0.5, 0.6) is 0 Å². The number of hydrogen-bond acceptors (Lipinski definition) is 6. The Kier molecular flexibility index (Phi) is 6.83. The molecular formula is C51H29N3O3. The molecule has 0 aliphatic rings. The highest BCUT2D eigenvalue weighted by molar-refractivity contribution is 6.14. The highest BCUT2D eigenvalue weighted by Gasteiger charge is 2.20. The third-order valence-corrected chi connectivity index (χ3v) is 10.9. The van der Waals surface area contributed by atoms with Crippen molar-refractivity contribution in [1.82, 2.24) is 15.0 Å². The molecule has 0 saturated heterocycles. The number of rotatable bonds is 5. The number of hydrogen-bond donors (Lipinski definition) is 0. The van der Waals surface area contributed by atoms with Crippen LogP contribution in [0.1, 0.15) is 0 Å². The van der Waals surface area contributed by atoms with E-state index in [1.807, 2.05) is 103 Å². The van der Waals surface area contributed by atoms with Crippen molar-refractivity contribution in [2.24, 2.45) is 0 Å². The van der Waals surface area contributed by atoms with Crippen LogP contribution >= 0.6 is 0 Å². The summed E-state index contributed by atoms with van der Waals surface area (Å²) in [4.78, 5) is 15.0. The average molecular weight is 732 g/mol. The molecule has 8 aromatic carbocycles. The van der Waals surface area contributed by atoms with Crippen LogP contribution in [0.15, 0.2) is 189 Å². The molecule has 12 aromatic rings. The lowest BCUT2D eigenvalue weighted by molar-refractivity contribution is 0.668. The van der Waals surface area contributed by atoms with E-state index in [2.05, 4.69) is 72.8 Å². The van der Waals surface area contributed by atoms with Crippen LogP contribution < -0.4 is 0 Å². The van der Waals surface area contributed by atoms with E-state index in [9.17, 15) is 0 Å². The highest BCUT2D eigenvalue weighted by Crippen LogP contribution is 2.43. The average Bonchev–Trinajstić information content (AvgIpc) is 3.97. The van der Waals surface area contributed by atoms with Crippen molar-refractivity contribution in [1.29, 1.82) is 0 Å². The molecule has 266 valence electrons. The topological polar surface area (TPSA) is 78.1 Å². The lowest BCUT2D eigenvalue weighted by atomic mass is 9.94. The van der Waals surface area contributed by atoms with Gasteiger partial charge >= 0.3 is 0 Å². The summed E-state index contributed by atoms with van der Waals surface area (Å²) in [5, 5.41) is 6.29. The van der Waals surface area contributed by atoms with Gasteiger partial charge in [0.25, 0.3) is 0 Å². The SMILES string of the molecule is c1ccc(-c2nc(-c3ccccc3)nc(-c3ccc4oc5c(-c6ccc7c(c6)oc6ccccc67)cc(-c6ccc7oc8ccccc8c7c6)cc5c4c3)n2)cc1. The molecule has 4 heterocycles. The predicted molar refractivity (Wildman–Crippen MR) is 229 cm³/mol. The Bertz CT molecular complexity index is 3470. The zero-order chi connectivity index (χ0) is 37.5. The van der Waals surface area contributed by atoms with Gasteiger partial charge in [0.1, 0.15) is 33.5 Å². The molecule has 0 aliphatic heterocycles. The van der Waals surface area contributed by atoms with Gasteiger partial charge in [-0.15, -0.1) is 0 Å². The molecule has 0 N–H and O–H groups in total. The van der Waals surface area contributed by atoms with Crippen LogP contribution in [0, 0.1) is 0 Å². The second-order valence-electron chi connectivity index (χ2n) is 14.4. The van der Waals surface area contributed by atoms with Crippen molar-refractivity contribution in [3.05, 3.63) is 176 Å². The molecular weight excluding hydrogens is 703 g/mol. The van der Waals surface area contributed by atoms with Crippen LogP contribution in [0.25, 0.3) is 122 Å². The normalized spacial score (nSPS) is 11.9. The largest absolute Gasteiger partial charge is 0.456 e. The molecule has 0 spiro atoms. The highest BCUT2D eigenvalue weighted by atomic mass is 16.3. The van der Waals surface area contributed by atoms with Gasteiger partial charge in [-0.05, 0) is 83.4 Å². The van der Waals surface area contributed by atoms with E-state index < -0.39 is 0 Å². The van der Waals surface area contributed by atoms with E-state index in [0.717, 1.165) is 105 Å². The second-order valence-corrected chi connectivity index (χ2v) is 14.4. The summed E-state index contributed by atoms with van der Waals surface area (Å²) in [6, 6.07) is 59.9. The first kappa shape index (κ1) is 31.5. The molecule has 6 nitrogen and oxygen atoms in total. The van der Waals surface area contributed by atoms with Crippen molar-refractivity contribution in [2.45, 2.75) is 0 Å². The van der Waals surface area contributed by atoms with Crippen LogP contribution in [0.2, 0.25) is 0 Å². The second kappa shape index (κ2) is 12.3. The molecule has 0 unspecified atom stereocenters. The Labute approximate surface area is 325 Å². The third kappa shape index (κ3) is 5.15. The summed E-state index contributed by atoms with van der Waals surface area (Å²) in [6.45, 7) is 0. The van der Waals surface area contributed by atoms with E-state index in [1.165, 1.54) is 0 Å². The fourth-order valence-electron chi connectivity index (χ4n) is 8.14. The van der Waals surface area contributed by atoms with Crippen LogP contribution in [0.3, 0.4) is 0 Å². The van der Waals surface area contributed by atoms with E-state index >= 15 is 0 Å². The van der Waals surface area contributed by atoms with Gasteiger partial charge in [0, 0.05) is 54.6 Å². The van der Waals surface area contributed by atoms with Gasteiger partial charge in [-0.3, -0.25) is 0 Å². The van der Waals surface area contributed by atoms with Gasteiger partial charge in [0.2, 0.25) is 0 Å². The Balaban J connectivity index is 1.09. The maximum Gasteiger partial charge on any atom is 0.164 e. The number of fused-ring (bicyclic) bond motifs is 9. The Hall–Kier alpha value is -7.83. The molecule has 0 fully saturated rings. The summed E-state index contributed by atoms with van der Waals surface area (Å²) in [7, 11) is 0. The number of furan rings is 3. The van der Waals surface area contributed by atoms with Gasteiger partial charge in [0.05, 0.1) is 0 Å². The van der Waals surface area contributed by atoms with Gasteiger partial charge in [-0.1, -0.05) is 109 Å². The van der Waals surface area contributed by atoms with Crippen molar-refractivity contribution >= 4 is 65.8 Å². The first-order valence-electron chi connectivity index (χ1n) is 18.9. The van der Waals surface area contributed by atoms with Crippen LogP contribution in [0.4, 0.5) is 0 Å². The van der Waals surface area contributed by atoms with E-state index in [-0.39, 0.29) is 0 Å². The van der Waals surface area contributed by atoms with Crippen molar-refractivity contribution in [3.8, 4) is 56.4 Å². The maximum atomic E-state index is 6.79. The Morgan fingerprint density at radius 2 is 0.737 bits per heavy atom. The molecule has 0 radical (unpaired) electrons.